The molecular weight excluding hydrogens is 240 g/mol. The van der Waals surface area contributed by atoms with Gasteiger partial charge in [-0.05, 0) is 26.2 Å². The molecule has 0 bridgehead atoms. The van der Waals surface area contributed by atoms with Gasteiger partial charge >= 0.3 is 0 Å². The van der Waals surface area contributed by atoms with Gasteiger partial charge in [-0.2, -0.15) is 5.10 Å². The predicted molar refractivity (Wildman–Crippen MR) is 64.9 cm³/mol. The normalized spacial score (nSPS) is 18.2. The molecule has 0 atom stereocenters. The fraction of sp³-hybridized carbons (Fsp3) is 0.700. The van der Waals surface area contributed by atoms with E-state index in [1.165, 1.54) is 6.20 Å². The Hall–Kier alpha value is -1.08. The minimum atomic E-state index is -3.54. The Labute approximate surface area is 101 Å². The lowest BCUT2D eigenvalue weighted by atomic mass is 10.4. The van der Waals surface area contributed by atoms with Crippen molar-refractivity contribution in [1.29, 1.82) is 0 Å². The van der Waals surface area contributed by atoms with Crippen LogP contribution in [-0.2, 0) is 16.6 Å². The monoisotopic (exact) mass is 258 g/mol. The highest BCUT2D eigenvalue weighted by atomic mass is 32.2. The van der Waals surface area contributed by atoms with Crippen molar-refractivity contribution in [1.82, 2.24) is 14.5 Å². The van der Waals surface area contributed by atoms with Crippen LogP contribution in [-0.4, -0.2) is 23.7 Å². The van der Waals surface area contributed by atoms with Crippen LogP contribution in [0.2, 0.25) is 0 Å². The summed E-state index contributed by atoms with van der Waals surface area (Å²) in [5.74, 6) is 0.0650. The number of nitrogen functional groups attached to an aromatic ring is 1. The van der Waals surface area contributed by atoms with Crippen LogP contribution in [0.3, 0.4) is 0 Å². The van der Waals surface area contributed by atoms with E-state index in [0.29, 0.717) is 6.54 Å². The molecule has 96 valence electrons. The third kappa shape index (κ3) is 2.61. The van der Waals surface area contributed by atoms with Gasteiger partial charge in [0.25, 0.3) is 0 Å². The number of nitrogens with zero attached hydrogens (tertiary/aromatic N) is 2. The molecule has 0 saturated heterocycles. The minimum Gasteiger partial charge on any atom is -0.381 e. The van der Waals surface area contributed by atoms with Crippen molar-refractivity contribution < 1.29 is 8.42 Å². The molecule has 0 aliphatic heterocycles. The number of nitrogens with one attached hydrogen (secondary N) is 1. The first-order valence-electron chi connectivity index (χ1n) is 5.73. The smallest absolute Gasteiger partial charge is 0.246 e. The Bertz CT molecular complexity index is 516. The van der Waals surface area contributed by atoms with Gasteiger partial charge in [0.2, 0.25) is 10.0 Å². The van der Waals surface area contributed by atoms with Gasteiger partial charge in [-0.1, -0.05) is 6.92 Å². The SMILES string of the molecule is CCCn1cc(S(=O)(=O)NC2(C)CC2)c(N)n1. The van der Waals surface area contributed by atoms with Crippen LogP contribution >= 0.6 is 0 Å². The van der Waals surface area contributed by atoms with Crippen molar-refractivity contribution >= 4 is 15.8 Å². The molecule has 0 amide bonds. The quantitative estimate of drug-likeness (QED) is 0.813. The summed E-state index contributed by atoms with van der Waals surface area (Å²) in [5.41, 5.74) is 5.35. The summed E-state index contributed by atoms with van der Waals surface area (Å²) in [6.45, 7) is 4.55. The molecule has 1 fully saturated rings. The Balaban J connectivity index is 2.26. The van der Waals surface area contributed by atoms with Crippen molar-refractivity contribution in [2.75, 3.05) is 5.73 Å². The van der Waals surface area contributed by atoms with E-state index in [1.54, 1.807) is 4.68 Å². The van der Waals surface area contributed by atoms with E-state index in [9.17, 15) is 8.42 Å². The second-order valence-electron chi connectivity index (χ2n) is 4.81. The lowest BCUT2D eigenvalue weighted by molar-refractivity contribution is 0.557. The number of sulfonamides is 1. The zero-order chi connectivity index (χ0) is 12.7. The summed E-state index contributed by atoms with van der Waals surface area (Å²) in [5, 5.41) is 3.99. The summed E-state index contributed by atoms with van der Waals surface area (Å²) >= 11 is 0. The Morgan fingerprint density at radius 2 is 2.24 bits per heavy atom. The zero-order valence-corrected chi connectivity index (χ0v) is 10.9. The molecule has 1 saturated carbocycles. The Morgan fingerprint density at radius 3 is 2.76 bits per heavy atom. The van der Waals surface area contributed by atoms with E-state index in [1.807, 2.05) is 13.8 Å². The first kappa shape index (κ1) is 12.4. The minimum absolute atomic E-state index is 0.0650. The molecular formula is C10H18N4O2S. The van der Waals surface area contributed by atoms with E-state index < -0.39 is 10.0 Å². The van der Waals surface area contributed by atoms with E-state index in [0.717, 1.165) is 19.3 Å². The van der Waals surface area contributed by atoms with Gasteiger partial charge < -0.3 is 5.73 Å². The maximum absolute atomic E-state index is 12.1. The van der Waals surface area contributed by atoms with Gasteiger partial charge in [-0.3, -0.25) is 4.68 Å². The van der Waals surface area contributed by atoms with Crippen LogP contribution in [0.4, 0.5) is 5.82 Å². The second kappa shape index (κ2) is 3.99. The molecule has 1 aromatic heterocycles. The highest BCUT2D eigenvalue weighted by Gasteiger charge is 2.42. The van der Waals surface area contributed by atoms with Crippen LogP contribution in [0.1, 0.15) is 33.1 Å². The average molecular weight is 258 g/mol. The van der Waals surface area contributed by atoms with Crippen molar-refractivity contribution in [2.24, 2.45) is 0 Å². The van der Waals surface area contributed by atoms with E-state index in [4.69, 9.17) is 5.73 Å². The fourth-order valence-corrected chi connectivity index (χ4v) is 3.18. The summed E-state index contributed by atoms with van der Waals surface area (Å²) in [4.78, 5) is 0.0825. The van der Waals surface area contributed by atoms with Crippen LogP contribution < -0.4 is 10.5 Å². The van der Waals surface area contributed by atoms with Crippen molar-refractivity contribution in [3.8, 4) is 0 Å². The first-order chi connectivity index (χ1) is 7.86. The summed E-state index contributed by atoms with van der Waals surface area (Å²) in [6, 6.07) is 0. The Morgan fingerprint density at radius 1 is 1.59 bits per heavy atom. The van der Waals surface area contributed by atoms with Crippen LogP contribution in [0.15, 0.2) is 11.1 Å². The zero-order valence-electron chi connectivity index (χ0n) is 10.1. The highest BCUT2D eigenvalue weighted by molar-refractivity contribution is 7.89. The van der Waals surface area contributed by atoms with E-state index in [-0.39, 0.29) is 16.3 Å². The standard InChI is InChI=1S/C10H18N4O2S/c1-3-6-14-7-8(9(11)12-14)17(15,16)13-10(2)4-5-10/h7,13H,3-6H2,1-2H3,(H2,11,12). The van der Waals surface area contributed by atoms with Gasteiger partial charge in [0.15, 0.2) is 5.82 Å². The number of rotatable bonds is 5. The maximum Gasteiger partial charge on any atom is 0.246 e. The van der Waals surface area contributed by atoms with Gasteiger partial charge in [-0.25, -0.2) is 13.1 Å². The molecule has 0 spiro atoms. The lowest BCUT2D eigenvalue weighted by Gasteiger charge is -2.10. The predicted octanol–water partition coefficient (Wildman–Crippen LogP) is 0.706. The maximum atomic E-state index is 12.1. The van der Waals surface area contributed by atoms with Crippen molar-refractivity contribution in [2.45, 2.75) is 50.1 Å². The molecule has 3 N–H and O–H groups in total. The Kier molecular flexibility index (Phi) is 2.90. The summed E-state index contributed by atoms with van der Waals surface area (Å²) < 4.78 is 28.4. The van der Waals surface area contributed by atoms with Crippen LogP contribution in [0.25, 0.3) is 0 Å². The summed E-state index contributed by atoms with van der Waals surface area (Å²) in [6.07, 6.45) is 4.11. The number of aryl methyl sites for hydroxylation is 1. The van der Waals surface area contributed by atoms with Gasteiger partial charge in [0.05, 0.1) is 0 Å². The fourth-order valence-electron chi connectivity index (χ4n) is 1.64. The third-order valence-electron chi connectivity index (χ3n) is 2.88. The summed E-state index contributed by atoms with van der Waals surface area (Å²) in [7, 11) is -3.54. The molecule has 1 aliphatic rings. The molecule has 1 aromatic rings. The molecule has 0 radical (unpaired) electrons. The van der Waals surface area contributed by atoms with Gasteiger partial charge in [-0.15, -0.1) is 0 Å². The largest absolute Gasteiger partial charge is 0.381 e. The molecule has 17 heavy (non-hydrogen) atoms. The number of aromatic nitrogens is 2. The van der Waals surface area contributed by atoms with E-state index in [2.05, 4.69) is 9.82 Å². The van der Waals surface area contributed by atoms with Crippen molar-refractivity contribution in [3.05, 3.63) is 6.20 Å². The molecule has 0 aromatic carbocycles. The topological polar surface area (TPSA) is 90.0 Å². The highest BCUT2D eigenvalue weighted by Crippen LogP contribution is 2.36. The van der Waals surface area contributed by atoms with Crippen LogP contribution in [0, 0.1) is 0 Å². The van der Waals surface area contributed by atoms with Gasteiger partial charge in [0.1, 0.15) is 4.90 Å². The van der Waals surface area contributed by atoms with E-state index >= 15 is 0 Å². The number of nitrogens with two attached hydrogens (primary N) is 1. The molecule has 7 heteroatoms. The van der Waals surface area contributed by atoms with Crippen LogP contribution in [0.5, 0.6) is 0 Å². The number of anilines is 1. The molecule has 1 aliphatic carbocycles. The first-order valence-corrected chi connectivity index (χ1v) is 7.21. The molecule has 0 unspecified atom stereocenters. The number of hydrogen-bond donors (Lipinski definition) is 2. The van der Waals surface area contributed by atoms with Crippen molar-refractivity contribution in [3.63, 3.8) is 0 Å². The molecule has 2 rings (SSSR count). The lowest BCUT2D eigenvalue weighted by Crippen LogP contribution is -2.34. The average Bonchev–Trinajstić information content (AvgIpc) is 2.77. The second-order valence-corrected chi connectivity index (χ2v) is 6.46. The number of hydrogen-bond acceptors (Lipinski definition) is 4. The molecule has 1 heterocycles. The molecule has 6 nitrogen and oxygen atoms in total. The van der Waals surface area contributed by atoms with Gasteiger partial charge in [0, 0.05) is 18.3 Å². The third-order valence-corrected chi connectivity index (χ3v) is 4.53.